The van der Waals surface area contributed by atoms with Crippen molar-refractivity contribution in [3.05, 3.63) is 64.1 Å². The molecule has 0 saturated heterocycles. The summed E-state index contributed by atoms with van der Waals surface area (Å²) in [5.74, 6) is 0.0798. The maximum absolute atomic E-state index is 11.6. The van der Waals surface area contributed by atoms with Crippen molar-refractivity contribution in [2.24, 2.45) is 5.10 Å². The Morgan fingerprint density at radius 2 is 1.86 bits per heavy atom. The quantitative estimate of drug-likeness (QED) is 0.676. The Morgan fingerprint density at radius 3 is 2.57 bits per heavy atom. The number of hydrogen-bond acceptors (Lipinski definition) is 3. The van der Waals surface area contributed by atoms with Crippen LogP contribution in [0, 0.1) is 0 Å². The molecule has 2 aromatic carbocycles. The molecule has 0 aliphatic heterocycles. The molecule has 0 aliphatic rings. The molecule has 0 unspecified atom stereocenters. The lowest BCUT2D eigenvalue weighted by Crippen LogP contribution is -2.24. The topological polar surface area (TPSA) is 50.7 Å². The van der Waals surface area contributed by atoms with E-state index in [4.69, 9.17) is 27.9 Å². The Kier molecular flexibility index (Phi) is 5.60. The fourth-order valence-electron chi connectivity index (χ4n) is 1.47. The lowest BCUT2D eigenvalue weighted by molar-refractivity contribution is -0.123. The number of nitrogens with zero attached hydrogens (tertiary/aromatic N) is 1. The van der Waals surface area contributed by atoms with Crippen molar-refractivity contribution >= 4 is 35.3 Å². The van der Waals surface area contributed by atoms with Crippen LogP contribution in [-0.2, 0) is 4.79 Å². The Hall–Kier alpha value is -2.04. The monoisotopic (exact) mass is 322 g/mol. The number of hydrogen-bond donors (Lipinski definition) is 1. The van der Waals surface area contributed by atoms with E-state index < -0.39 is 0 Å². The highest BCUT2D eigenvalue weighted by Crippen LogP contribution is 2.22. The van der Waals surface area contributed by atoms with Crippen molar-refractivity contribution < 1.29 is 9.53 Å². The average molecular weight is 323 g/mol. The Labute approximate surface area is 132 Å². The van der Waals surface area contributed by atoms with Crippen molar-refractivity contribution in [3.8, 4) is 5.75 Å². The van der Waals surface area contributed by atoms with Crippen LogP contribution in [0.1, 0.15) is 5.56 Å². The van der Waals surface area contributed by atoms with E-state index in [1.165, 1.54) is 6.21 Å². The molecule has 0 fully saturated rings. The zero-order valence-corrected chi connectivity index (χ0v) is 12.4. The van der Waals surface area contributed by atoms with Crippen molar-refractivity contribution in [1.82, 2.24) is 5.43 Å². The zero-order valence-electron chi connectivity index (χ0n) is 10.9. The lowest BCUT2D eigenvalue weighted by Gasteiger charge is -2.06. The van der Waals surface area contributed by atoms with Gasteiger partial charge in [-0.15, -0.1) is 0 Å². The van der Waals surface area contributed by atoms with E-state index in [1.807, 2.05) is 0 Å². The molecule has 1 N–H and O–H groups in total. The third-order valence-electron chi connectivity index (χ3n) is 2.47. The number of nitrogens with one attached hydrogen (secondary N) is 1. The molecule has 108 valence electrons. The van der Waals surface area contributed by atoms with Gasteiger partial charge in [0.15, 0.2) is 6.61 Å². The van der Waals surface area contributed by atoms with E-state index >= 15 is 0 Å². The molecule has 0 aromatic heterocycles. The summed E-state index contributed by atoms with van der Waals surface area (Å²) in [6.45, 7) is -0.165. The van der Waals surface area contributed by atoms with Gasteiger partial charge in [-0.2, -0.15) is 5.10 Å². The summed E-state index contributed by atoms with van der Waals surface area (Å²) in [5, 5.41) is 4.92. The van der Waals surface area contributed by atoms with E-state index in [0.717, 1.165) is 5.56 Å². The summed E-state index contributed by atoms with van der Waals surface area (Å²) >= 11 is 11.7. The molecule has 6 heteroatoms. The first kappa shape index (κ1) is 15.4. The van der Waals surface area contributed by atoms with Crippen molar-refractivity contribution in [3.63, 3.8) is 0 Å². The minimum atomic E-state index is -0.375. The predicted octanol–water partition coefficient (Wildman–Crippen LogP) is 3.52. The van der Waals surface area contributed by atoms with Gasteiger partial charge in [0.25, 0.3) is 5.91 Å². The molecular formula is C15H12Cl2N2O2. The average Bonchev–Trinajstić information content (AvgIpc) is 2.48. The number of hydrazone groups is 1. The van der Waals surface area contributed by atoms with E-state index in [-0.39, 0.29) is 12.5 Å². The second-order valence-corrected chi connectivity index (χ2v) is 4.91. The second kappa shape index (κ2) is 7.67. The van der Waals surface area contributed by atoms with Gasteiger partial charge in [0.1, 0.15) is 5.75 Å². The van der Waals surface area contributed by atoms with Gasteiger partial charge >= 0.3 is 0 Å². The molecule has 0 bridgehead atoms. The van der Waals surface area contributed by atoms with E-state index in [1.54, 1.807) is 48.5 Å². The minimum Gasteiger partial charge on any atom is -0.482 e. The molecule has 4 nitrogen and oxygen atoms in total. The lowest BCUT2D eigenvalue weighted by atomic mass is 10.2. The van der Waals surface area contributed by atoms with Crippen LogP contribution in [0.25, 0.3) is 0 Å². The second-order valence-electron chi connectivity index (χ2n) is 4.06. The van der Waals surface area contributed by atoms with Crippen LogP contribution in [0.3, 0.4) is 0 Å². The van der Waals surface area contributed by atoms with Gasteiger partial charge in [0.05, 0.1) is 11.2 Å². The highest BCUT2D eigenvalue weighted by molar-refractivity contribution is 6.32. The van der Waals surface area contributed by atoms with Crippen LogP contribution in [-0.4, -0.2) is 18.7 Å². The van der Waals surface area contributed by atoms with Gasteiger partial charge in [0, 0.05) is 5.02 Å². The van der Waals surface area contributed by atoms with Crippen molar-refractivity contribution in [2.75, 3.05) is 6.61 Å². The summed E-state index contributed by atoms with van der Waals surface area (Å²) in [5.41, 5.74) is 3.19. The predicted molar refractivity (Wildman–Crippen MR) is 84.1 cm³/mol. The molecule has 0 radical (unpaired) electrons. The Balaban J connectivity index is 1.80. The molecule has 0 heterocycles. The fraction of sp³-hybridized carbons (Fsp3) is 0.0667. The molecule has 0 spiro atoms. The first-order valence-electron chi connectivity index (χ1n) is 6.10. The highest BCUT2D eigenvalue weighted by Gasteiger charge is 2.03. The third-order valence-corrected chi connectivity index (χ3v) is 3.03. The first-order chi connectivity index (χ1) is 10.1. The van der Waals surface area contributed by atoms with Gasteiger partial charge in [0.2, 0.25) is 0 Å². The van der Waals surface area contributed by atoms with Crippen molar-refractivity contribution in [1.29, 1.82) is 0 Å². The van der Waals surface area contributed by atoms with Crippen LogP contribution in [0.15, 0.2) is 53.6 Å². The van der Waals surface area contributed by atoms with Crippen LogP contribution in [0.2, 0.25) is 10.0 Å². The van der Waals surface area contributed by atoms with Gasteiger partial charge in [-0.3, -0.25) is 4.79 Å². The SMILES string of the molecule is O=C(COc1ccccc1Cl)N/N=C/c1ccc(Cl)cc1. The first-order valence-corrected chi connectivity index (χ1v) is 6.85. The molecule has 1 amide bonds. The van der Waals surface area contributed by atoms with E-state index in [0.29, 0.717) is 15.8 Å². The largest absolute Gasteiger partial charge is 0.482 e. The minimum absolute atomic E-state index is 0.165. The molecule has 0 aliphatic carbocycles. The summed E-state index contributed by atoms with van der Waals surface area (Å²) < 4.78 is 5.28. The van der Waals surface area contributed by atoms with Crippen LogP contribution in [0.5, 0.6) is 5.75 Å². The van der Waals surface area contributed by atoms with Crippen LogP contribution in [0.4, 0.5) is 0 Å². The number of carbonyl (C=O) groups excluding carboxylic acids is 1. The molecule has 0 saturated carbocycles. The summed E-state index contributed by atoms with van der Waals surface area (Å²) in [7, 11) is 0. The van der Waals surface area contributed by atoms with Crippen LogP contribution >= 0.6 is 23.2 Å². The zero-order chi connectivity index (χ0) is 15.1. The van der Waals surface area contributed by atoms with Gasteiger partial charge in [-0.05, 0) is 29.8 Å². The number of amides is 1. The normalized spacial score (nSPS) is 10.6. The number of carbonyl (C=O) groups is 1. The number of rotatable bonds is 5. The summed E-state index contributed by atoms with van der Waals surface area (Å²) in [4.78, 5) is 11.6. The standard InChI is InChI=1S/C15H12Cl2N2O2/c16-12-7-5-11(6-8-12)9-18-19-15(20)10-21-14-4-2-1-3-13(14)17/h1-9H,10H2,(H,19,20)/b18-9+. The number of benzene rings is 2. The Morgan fingerprint density at radius 1 is 1.14 bits per heavy atom. The summed E-state index contributed by atoms with van der Waals surface area (Å²) in [6.07, 6.45) is 1.52. The molecule has 21 heavy (non-hydrogen) atoms. The summed E-state index contributed by atoms with van der Waals surface area (Å²) in [6, 6.07) is 14.0. The van der Waals surface area contributed by atoms with Crippen LogP contribution < -0.4 is 10.2 Å². The third kappa shape index (κ3) is 5.10. The van der Waals surface area contributed by atoms with E-state index in [2.05, 4.69) is 10.5 Å². The number of halogens is 2. The van der Waals surface area contributed by atoms with Gasteiger partial charge in [-0.1, -0.05) is 47.5 Å². The Bertz CT molecular complexity index is 642. The smallest absolute Gasteiger partial charge is 0.277 e. The maximum Gasteiger partial charge on any atom is 0.277 e. The number of ether oxygens (including phenoxy) is 1. The van der Waals surface area contributed by atoms with Crippen molar-refractivity contribution in [2.45, 2.75) is 0 Å². The maximum atomic E-state index is 11.6. The molecule has 2 rings (SSSR count). The number of para-hydroxylation sites is 1. The molecule has 0 atom stereocenters. The highest BCUT2D eigenvalue weighted by atomic mass is 35.5. The van der Waals surface area contributed by atoms with E-state index in [9.17, 15) is 4.79 Å². The fourth-order valence-corrected chi connectivity index (χ4v) is 1.78. The molecule has 2 aromatic rings. The van der Waals surface area contributed by atoms with Gasteiger partial charge < -0.3 is 4.74 Å². The van der Waals surface area contributed by atoms with Gasteiger partial charge in [-0.25, -0.2) is 5.43 Å². The molecular weight excluding hydrogens is 311 g/mol.